The summed E-state index contributed by atoms with van der Waals surface area (Å²) in [4.78, 5) is 46.7. The van der Waals surface area contributed by atoms with E-state index in [-0.39, 0.29) is 16.5 Å². The molecular weight excluding hydrogens is 382 g/mol. The molecule has 144 valence electrons. The average Bonchev–Trinajstić information content (AvgIpc) is 3.30. The Balaban J connectivity index is 1.81. The number of benzene rings is 1. The molecule has 0 spiro atoms. The van der Waals surface area contributed by atoms with Crippen LogP contribution in [-0.4, -0.2) is 46.6 Å². The number of hydrogen-bond donors (Lipinski definition) is 0. The molecule has 9 heteroatoms. The van der Waals surface area contributed by atoms with E-state index in [2.05, 4.69) is 4.98 Å². The number of ether oxygens (including phenoxy) is 1. The van der Waals surface area contributed by atoms with Crippen LogP contribution in [0, 0.1) is 0 Å². The van der Waals surface area contributed by atoms with Gasteiger partial charge in [-0.15, -0.1) is 11.3 Å². The molecule has 8 nitrogen and oxygen atoms in total. The molecule has 0 bridgehead atoms. The van der Waals surface area contributed by atoms with Crippen LogP contribution in [0.5, 0.6) is 0 Å². The molecule has 0 aliphatic carbocycles. The maximum atomic E-state index is 13.1. The van der Waals surface area contributed by atoms with Gasteiger partial charge in [0.25, 0.3) is 5.91 Å². The summed E-state index contributed by atoms with van der Waals surface area (Å²) >= 11 is 1.07. The van der Waals surface area contributed by atoms with E-state index >= 15 is 0 Å². The molecule has 2 aromatic heterocycles. The third-order valence-electron chi connectivity index (χ3n) is 4.74. The summed E-state index contributed by atoms with van der Waals surface area (Å²) in [6.45, 7) is 3.62. The Morgan fingerprint density at radius 2 is 2.07 bits per heavy atom. The van der Waals surface area contributed by atoms with E-state index in [1.54, 1.807) is 6.07 Å². The minimum Gasteiger partial charge on any atom is -0.438 e. The van der Waals surface area contributed by atoms with Crippen molar-refractivity contribution in [3.05, 3.63) is 51.6 Å². The highest BCUT2D eigenvalue weighted by Gasteiger charge is 2.36. The second kappa shape index (κ2) is 6.25. The molecule has 1 aromatic carbocycles. The van der Waals surface area contributed by atoms with Crippen molar-refractivity contribution in [2.24, 2.45) is 0 Å². The van der Waals surface area contributed by atoms with Crippen molar-refractivity contribution in [1.29, 1.82) is 0 Å². The molecular formula is C19H17N3O5S. The third-order valence-corrected chi connectivity index (χ3v) is 5.58. The van der Waals surface area contributed by atoms with Crippen LogP contribution in [0.2, 0.25) is 0 Å². The van der Waals surface area contributed by atoms with Crippen molar-refractivity contribution in [2.45, 2.75) is 19.4 Å². The summed E-state index contributed by atoms with van der Waals surface area (Å²) in [7, 11) is 2.83. The van der Waals surface area contributed by atoms with Crippen molar-refractivity contribution >= 4 is 40.0 Å². The number of para-hydroxylation sites is 1. The summed E-state index contributed by atoms with van der Waals surface area (Å²) < 4.78 is 6.85. The molecule has 3 heterocycles. The summed E-state index contributed by atoms with van der Waals surface area (Å²) in [6.07, 6.45) is 0.933. The first-order valence-corrected chi connectivity index (χ1v) is 9.33. The molecule has 4 rings (SSSR count). The van der Waals surface area contributed by atoms with Gasteiger partial charge in [0.1, 0.15) is 11.3 Å². The smallest absolute Gasteiger partial charge is 0.419 e. The summed E-state index contributed by atoms with van der Waals surface area (Å²) in [5.74, 6) is -0.816. The first-order valence-electron chi connectivity index (χ1n) is 8.45. The zero-order valence-corrected chi connectivity index (χ0v) is 16.5. The number of rotatable bonds is 4. The van der Waals surface area contributed by atoms with Crippen molar-refractivity contribution in [3.63, 3.8) is 0 Å². The highest BCUT2D eigenvalue weighted by Crippen LogP contribution is 2.38. The summed E-state index contributed by atoms with van der Waals surface area (Å²) in [5, 5.41) is 3.33. The number of nitrogens with zero attached hydrogens (tertiary/aromatic N) is 3. The van der Waals surface area contributed by atoms with Gasteiger partial charge in [-0.25, -0.2) is 14.8 Å². The minimum absolute atomic E-state index is 0.118. The fourth-order valence-electron chi connectivity index (χ4n) is 3.25. The monoisotopic (exact) mass is 399 g/mol. The van der Waals surface area contributed by atoms with E-state index in [0.29, 0.717) is 16.5 Å². The number of hydroxylamine groups is 2. The van der Waals surface area contributed by atoms with Gasteiger partial charge in [0, 0.05) is 29.6 Å². The van der Waals surface area contributed by atoms with Crippen LogP contribution in [0.1, 0.15) is 45.3 Å². The van der Waals surface area contributed by atoms with Crippen LogP contribution in [0.25, 0.3) is 10.9 Å². The molecule has 28 heavy (non-hydrogen) atoms. The lowest BCUT2D eigenvalue weighted by Gasteiger charge is -2.30. The SMILES string of the molecule is CON(C)C(=O)c1csc(C(=O)c2cn3c4c(cccc24)C(C)(C)OC3=O)n1. The number of carbonyl (C=O) groups excluding carboxylic acids is 3. The van der Waals surface area contributed by atoms with Gasteiger partial charge >= 0.3 is 6.09 Å². The van der Waals surface area contributed by atoms with Crippen molar-refractivity contribution in [2.75, 3.05) is 14.2 Å². The van der Waals surface area contributed by atoms with Crippen molar-refractivity contribution in [1.82, 2.24) is 14.6 Å². The molecule has 0 saturated heterocycles. The van der Waals surface area contributed by atoms with Gasteiger partial charge in [0.15, 0.2) is 5.01 Å². The van der Waals surface area contributed by atoms with E-state index in [1.807, 2.05) is 26.0 Å². The Morgan fingerprint density at radius 1 is 1.32 bits per heavy atom. The van der Waals surface area contributed by atoms with E-state index in [0.717, 1.165) is 22.0 Å². The van der Waals surface area contributed by atoms with E-state index in [4.69, 9.17) is 9.57 Å². The first kappa shape index (κ1) is 18.3. The van der Waals surface area contributed by atoms with Crippen LogP contribution in [0.3, 0.4) is 0 Å². The quantitative estimate of drug-likeness (QED) is 0.494. The van der Waals surface area contributed by atoms with Crippen LogP contribution in [-0.2, 0) is 15.2 Å². The Hall–Kier alpha value is -3.04. The summed E-state index contributed by atoms with van der Waals surface area (Å²) in [6, 6.07) is 5.49. The van der Waals surface area contributed by atoms with Crippen LogP contribution < -0.4 is 0 Å². The molecule has 0 unspecified atom stereocenters. The molecule has 0 saturated carbocycles. The van der Waals surface area contributed by atoms with Crippen molar-refractivity contribution < 1.29 is 24.0 Å². The Kier molecular flexibility index (Phi) is 4.09. The molecule has 0 fully saturated rings. The lowest BCUT2D eigenvalue weighted by atomic mass is 9.94. The first-order chi connectivity index (χ1) is 13.2. The van der Waals surface area contributed by atoms with Gasteiger partial charge in [-0.05, 0) is 13.8 Å². The lowest BCUT2D eigenvalue weighted by Crippen LogP contribution is -2.33. The molecule has 0 radical (unpaired) electrons. The molecule has 1 aliphatic rings. The molecule has 1 aliphatic heterocycles. The maximum Gasteiger partial charge on any atom is 0.419 e. The molecule has 0 atom stereocenters. The summed E-state index contributed by atoms with van der Waals surface area (Å²) in [5.41, 5.74) is 1.13. The topological polar surface area (TPSA) is 90.7 Å². The number of ketones is 1. The zero-order valence-electron chi connectivity index (χ0n) is 15.7. The Bertz CT molecular complexity index is 1140. The van der Waals surface area contributed by atoms with Gasteiger partial charge in [-0.2, -0.15) is 0 Å². The number of hydrogen-bond acceptors (Lipinski definition) is 7. The zero-order chi connectivity index (χ0) is 20.2. The Labute approximate surface area is 164 Å². The van der Waals surface area contributed by atoms with Crippen LogP contribution in [0.15, 0.2) is 29.8 Å². The van der Waals surface area contributed by atoms with Gasteiger partial charge in [0.05, 0.1) is 18.2 Å². The fraction of sp³-hybridized carbons (Fsp3) is 0.263. The van der Waals surface area contributed by atoms with Gasteiger partial charge in [-0.1, -0.05) is 18.2 Å². The predicted octanol–water partition coefficient (Wildman–Crippen LogP) is 3.20. The van der Waals surface area contributed by atoms with Crippen LogP contribution in [0.4, 0.5) is 4.79 Å². The Morgan fingerprint density at radius 3 is 2.79 bits per heavy atom. The molecule has 3 aromatic rings. The molecule has 0 N–H and O–H groups in total. The highest BCUT2D eigenvalue weighted by molar-refractivity contribution is 7.12. The standard InChI is InChI=1S/C19H17N3O5S/c1-19(2)12-7-5-6-10-11(8-22(14(10)12)18(25)27-19)15(23)16-20-13(9-28-16)17(24)21(3)26-4/h5-9H,1-4H3. The van der Waals surface area contributed by atoms with Gasteiger partial charge in [-0.3, -0.25) is 19.0 Å². The van der Waals surface area contributed by atoms with Crippen LogP contribution >= 0.6 is 11.3 Å². The second-order valence-corrected chi connectivity index (χ2v) is 7.70. The fourth-order valence-corrected chi connectivity index (χ4v) is 4.00. The minimum atomic E-state index is -0.795. The van der Waals surface area contributed by atoms with Gasteiger partial charge < -0.3 is 4.74 Å². The maximum absolute atomic E-state index is 13.1. The largest absolute Gasteiger partial charge is 0.438 e. The van der Waals surface area contributed by atoms with E-state index in [1.165, 1.54) is 30.3 Å². The number of cyclic esters (lactones) is 1. The second-order valence-electron chi connectivity index (χ2n) is 6.85. The lowest BCUT2D eigenvalue weighted by molar-refractivity contribution is -0.0760. The van der Waals surface area contributed by atoms with E-state index in [9.17, 15) is 14.4 Å². The highest BCUT2D eigenvalue weighted by atomic mass is 32.1. The number of thiazole rings is 1. The third kappa shape index (κ3) is 2.62. The number of aromatic nitrogens is 2. The van der Waals surface area contributed by atoms with Crippen molar-refractivity contribution in [3.8, 4) is 0 Å². The van der Waals surface area contributed by atoms with Gasteiger partial charge in [0.2, 0.25) is 5.78 Å². The normalized spacial score (nSPS) is 14.8. The molecule has 1 amide bonds. The van der Waals surface area contributed by atoms with E-state index < -0.39 is 17.6 Å². The number of carbonyl (C=O) groups is 3. The average molecular weight is 399 g/mol. The number of amides is 1. The predicted molar refractivity (Wildman–Crippen MR) is 101 cm³/mol.